The van der Waals surface area contributed by atoms with Crippen molar-refractivity contribution in [2.75, 3.05) is 0 Å². The van der Waals surface area contributed by atoms with Gasteiger partial charge in [0.25, 0.3) is 0 Å². The summed E-state index contributed by atoms with van der Waals surface area (Å²) in [5.74, 6) is 1.41. The third-order valence-corrected chi connectivity index (χ3v) is 3.11. The van der Waals surface area contributed by atoms with Crippen LogP contribution < -0.4 is 0 Å². The van der Waals surface area contributed by atoms with Crippen LogP contribution in [0.2, 0.25) is 0 Å². The van der Waals surface area contributed by atoms with E-state index in [-0.39, 0.29) is 0 Å². The zero-order valence-corrected chi connectivity index (χ0v) is 8.75. The predicted molar refractivity (Wildman–Crippen MR) is 55.6 cm³/mol. The van der Waals surface area contributed by atoms with Crippen molar-refractivity contribution in [1.29, 1.82) is 0 Å². The van der Waals surface area contributed by atoms with E-state index in [0.717, 1.165) is 17.8 Å². The highest BCUT2D eigenvalue weighted by Crippen LogP contribution is 2.30. The summed E-state index contributed by atoms with van der Waals surface area (Å²) in [6, 6.07) is 0. The smallest absolute Gasteiger partial charge is 0.145 e. The largest absolute Gasteiger partial charge is 0.298 e. The highest BCUT2D eigenvalue weighted by molar-refractivity contribution is 5.72. The summed E-state index contributed by atoms with van der Waals surface area (Å²) in [6.45, 7) is 4.13. The van der Waals surface area contributed by atoms with Gasteiger partial charge >= 0.3 is 0 Å². The Morgan fingerprint density at radius 2 is 1.92 bits per heavy atom. The molecule has 0 radical (unpaired) electrons. The van der Waals surface area contributed by atoms with Crippen molar-refractivity contribution in [2.45, 2.75) is 46.0 Å². The van der Waals surface area contributed by atoms with Crippen LogP contribution in [0.4, 0.5) is 0 Å². The lowest BCUT2D eigenvalue weighted by molar-refractivity contribution is -0.104. The van der Waals surface area contributed by atoms with Gasteiger partial charge in [-0.3, -0.25) is 4.79 Å². The topological polar surface area (TPSA) is 17.1 Å². The quantitative estimate of drug-likeness (QED) is 0.481. The van der Waals surface area contributed by atoms with E-state index < -0.39 is 0 Å². The highest BCUT2D eigenvalue weighted by Gasteiger charge is 2.18. The number of hydrogen-bond acceptors (Lipinski definition) is 1. The molecule has 1 rings (SSSR count). The summed E-state index contributed by atoms with van der Waals surface area (Å²) in [6.07, 6.45) is 9.95. The van der Waals surface area contributed by atoms with Crippen LogP contribution in [0.3, 0.4) is 0 Å². The predicted octanol–water partition coefficient (Wildman–Crippen LogP) is 3.35. The van der Waals surface area contributed by atoms with Crippen molar-refractivity contribution in [1.82, 2.24) is 0 Å². The van der Waals surface area contributed by atoms with Crippen LogP contribution in [0.15, 0.2) is 11.6 Å². The van der Waals surface area contributed by atoms with Gasteiger partial charge in [0.05, 0.1) is 0 Å². The standard InChI is InChI=1S/C12H20O/c1-10(9-13)8-11(2)12-6-4-3-5-7-12/h8-9,11-12H,3-7H2,1-2H3/b10-8-. The van der Waals surface area contributed by atoms with Gasteiger partial charge in [-0.1, -0.05) is 32.3 Å². The average molecular weight is 180 g/mol. The van der Waals surface area contributed by atoms with Crippen LogP contribution in [0.5, 0.6) is 0 Å². The average Bonchev–Trinajstić information content (AvgIpc) is 2.19. The highest BCUT2D eigenvalue weighted by atomic mass is 16.1. The molecule has 0 heterocycles. The molecule has 0 aromatic rings. The lowest BCUT2D eigenvalue weighted by atomic mass is 9.80. The SMILES string of the molecule is C/C(C=O)=C/C(C)C1CCCCC1. The first kappa shape index (κ1) is 10.5. The Morgan fingerprint density at radius 1 is 1.31 bits per heavy atom. The number of carbonyl (C=O) groups excluding carboxylic acids is 1. The van der Waals surface area contributed by atoms with Crippen LogP contribution >= 0.6 is 0 Å². The maximum Gasteiger partial charge on any atom is 0.145 e. The Bertz CT molecular complexity index is 187. The fourth-order valence-electron chi connectivity index (χ4n) is 2.25. The van der Waals surface area contributed by atoms with Crippen molar-refractivity contribution < 1.29 is 4.79 Å². The van der Waals surface area contributed by atoms with Gasteiger partial charge in [0.15, 0.2) is 0 Å². The van der Waals surface area contributed by atoms with Crippen molar-refractivity contribution in [3.05, 3.63) is 11.6 Å². The Kier molecular flexibility index (Phi) is 4.20. The molecule has 0 aromatic carbocycles. The second kappa shape index (κ2) is 5.21. The summed E-state index contributed by atoms with van der Waals surface area (Å²) < 4.78 is 0. The van der Waals surface area contributed by atoms with Gasteiger partial charge in [0, 0.05) is 0 Å². The molecular weight excluding hydrogens is 160 g/mol. The van der Waals surface area contributed by atoms with Crippen LogP contribution in [0, 0.1) is 11.8 Å². The second-order valence-electron chi connectivity index (χ2n) is 4.29. The fraction of sp³-hybridized carbons (Fsp3) is 0.750. The third-order valence-electron chi connectivity index (χ3n) is 3.11. The lowest BCUT2D eigenvalue weighted by Gasteiger charge is -2.25. The number of aldehydes is 1. The molecule has 1 atom stereocenters. The normalized spacial score (nSPS) is 22.8. The number of hydrogen-bond donors (Lipinski definition) is 0. The summed E-state index contributed by atoms with van der Waals surface area (Å²) in [5.41, 5.74) is 0.887. The van der Waals surface area contributed by atoms with Crippen LogP contribution in [0.25, 0.3) is 0 Å². The molecule has 74 valence electrons. The monoisotopic (exact) mass is 180 g/mol. The van der Waals surface area contributed by atoms with Crippen LogP contribution in [0.1, 0.15) is 46.0 Å². The van der Waals surface area contributed by atoms with E-state index in [1.807, 2.05) is 6.92 Å². The molecular formula is C12H20O. The zero-order chi connectivity index (χ0) is 9.68. The first-order chi connectivity index (χ1) is 6.24. The first-order valence-corrected chi connectivity index (χ1v) is 5.37. The van der Waals surface area contributed by atoms with E-state index in [1.165, 1.54) is 32.1 Å². The van der Waals surface area contributed by atoms with Gasteiger partial charge in [-0.05, 0) is 37.2 Å². The molecule has 0 aliphatic heterocycles. The van der Waals surface area contributed by atoms with Gasteiger partial charge < -0.3 is 0 Å². The molecule has 1 saturated carbocycles. The van der Waals surface area contributed by atoms with E-state index in [9.17, 15) is 4.79 Å². The van der Waals surface area contributed by atoms with Crippen molar-refractivity contribution in [3.8, 4) is 0 Å². The molecule has 0 aromatic heterocycles. The molecule has 1 unspecified atom stereocenters. The van der Waals surface area contributed by atoms with E-state index in [0.29, 0.717) is 5.92 Å². The Labute approximate surface area is 81.2 Å². The minimum atomic E-state index is 0.588. The summed E-state index contributed by atoms with van der Waals surface area (Å²) in [5, 5.41) is 0. The maximum absolute atomic E-state index is 10.5. The molecule has 0 spiro atoms. The Hall–Kier alpha value is -0.590. The number of carbonyl (C=O) groups is 1. The summed E-state index contributed by atoms with van der Waals surface area (Å²) >= 11 is 0. The van der Waals surface area contributed by atoms with E-state index in [4.69, 9.17) is 0 Å². The minimum Gasteiger partial charge on any atom is -0.298 e. The molecule has 0 saturated heterocycles. The molecule has 0 N–H and O–H groups in total. The van der Waals surface area contributed by atoms with Crippen molar-refractivity contribution in [2.24, 2.45) is 11.8 Å². The van der Waals surface area contributed by atoms with Gasteiger partial charge in [-0.15, -0.1) is 0 Å². The molecule has 0 amide bonds. The van der Waals surface area contributed by atoms with Crippen LogP contribution in [-0.4, -0.2) is 6.29 Å². The first-order valence-electron chi connectivity index (χ1n) is 5.37. The molecule has 1 heteroatoms. The molecule has 1 aliphatic carbocycles. The van der Waals surface area contributed by atoms with Gasteiger partial charge in [-0.2, -0.15) is 0 Å². The fourth-order valence-corrected chi connectivity index (χ4v) is 2.25. The van der Waals surface area contributed by atoms with E-state index in [1.54, 1.807) is 0 Å². The van der Waals surface area contributed by atoms with E-state index in [2.05, 4.69) is 13.0 Å². The van der Waals surface area contributed by atoms with E-state index >= 15 is 0 Å². The molecule has 1 fully saturated rings. The molecule has 13 heavy (non-hydrogen) atoms. The molecule has 1 aliphatic rings. The minimum absolute atomic E-state index is 0.588. The number of rotatable bonds is 3. The maximum atomic E-state index is 10.5. The number of allylic oxidation sites excluding steroid dienone is 2. The third kappa shape index (κ3) is 3.33. The van der Waals surface area contributed by atoms with Crippen molar-refractivity contribution >= 4 is 6.29 Å². The summed E-state index contributed by atoms with van der Waals surface area (Å²) in [7, 11) is 0. The second-order valence-corrected chi connectivity index (χ2v) is 4.29. The van der Waals surface area contributed by atoms with Gasteiger partial charge in [0.2, 0.25) is 0 Å². The summed E-state index contributed by atoms with van der Waals surface area (Å²) in [4.78, 5) is 10.5. The van der Waals surface area contributed by atoms with Crippen LogP contribution in [-0.2, 0) is 4.79 Å². The molecule has 0 bridgehead atoms. The Morgan fingerprint density at radius 3 is 2.46 bits per heavy atom. The van der Waals surface area contributed by atoms with Gasteiger partial charge in [0.1, 0.15) is 6.29 Å². The Balaban J connectivity index is 2.45. The zero-order valence-electron chi connectivity index (χ0n) is 8.75. The van der Waals surface area contributed by atoms with Gasteiger partial charge in [-0.25, -0.2) is 0 Å². The van der Waals surface area contributed by atoms with Crippen molar-refractivity contribution in [3.63, 3.8) is 0 Å². The lowest BCUT2D eigenvalue weighted by Crippen LogP contribution is -2.13. The molecule has 1 nitrogen and oxygen atoms in total.